The molecule has 4 fully saturated rings. The molecule has 4 heteroatoms. The van der Waals surface area contributed by atoms with Gasteiger partial charge in [0.25, 0.3) is 0 Å². The first-order valence-electron chi connectivity index (χ1n) is 10.2. The summed E-state index contributed by atoms with van der Waals surface area (Å²) in [6.45, 7) is 3.28. The molecule has 6 atom stereocenters. The number of amides is 2. The van der Waals surface area contributed by atoms with Crippen molar-refractivity contribution < 1.29 is 9.59 Å². The molecule has 134 valence electrons. The van der Waals surface area contributed by atoms with E-state index in [0.29, 0.717) is 11.8 Å². The van der Waals surface area contributed by atoms with Crippen LogP contribution in [0, 0.1) is 41.4 Å². The van der Waals surface area contributed by atoms with E-state index in [4.69, 9.17) is 0 Å². The molecule has 4 nitrogen and oxygen atoms in total. The highest BCUT2D eigenvalue weighted by Crippen LogP contribution is 2.48. The van der Waals surface area contributed by atoms with E-state index < -0.39 is 5.92 Å². The minimum absolute atomic E-state index is 0.0942. The van der Waals surface area contributed by atoms with Crippen molar-refractivity contribution in [2.45, 2.75) is 58.3 Å². The number of carbonyl (C=O) groups is 2. The molecule has 0 aromatic carbocycles. The van der Waals surface area contributed by atoms with Crippen molar-refractivity contribution in [3.8, 4) is 0 Å². The predicted molar refractivity (Wildman–Crippen MR) is 93.1 cm³/mol. The topological polar surface area (TPSA) is 58.2 Å². The van der Waals surface area contributed by atoms with Gasteiger partial charge in [0.2, 0.25) is 11.8 Å². The predicted octanol–water partition coefficient (Wildman–Crippen LogP) is 2.73. The first-order valence-corrected chi connectivity index (χ1v) is 10.2. The van der Waals surface area contributed by atoms with Crippen LogP contribution in [0.4, 0.5) is 0 Å². The van der Waals surface area contributed by atoms with Crippen LogP contribution in [0.15, 0.2) is 0 Å². The SMILES string of the molecule is CC(C(=O)NCC1CC2CCC1C2)C(=O)NCC1CC2CCC1C2. The summed E-state index contributed by atoms with van der Waals surface area (Å²) in [5.41, 5.74) is 0. The van der Waals surface area contributed by atoms with Gasteiger partial charge in [-0.3, -0.25) is 9.59 Å². The summed E-state index contributed by atoms with van der Waals surface area (Å²) in [4.78, 5) is 24.6. The largest absolute Gasteiger partial charge is 0.355 e. The standard InChI is InChI=1S/C20H32N2O2/c1-12(19(23)21-10-17-8-13-2-4-15(17)6-13)20(24)22-11-18-9-14-3-5-16(18)7-14/h12-18H,2-11H2,1H3,(H,21,23)(H,22,24). The van der Waals surface area contributed by atoms with Gasteiger partial charge in [0.05, 0.1) is 0 Å². The van der Waals surface area contributed by atoms with Crippen molar-refractivity contribution in [3.05, 3.63) is 0 Å². The van der Waals surface area contributed by atoms with Gasteiger partial charge >= 0.3 is 0 Å². The highest BCUT2D eigenvalue weighted by molar-refractivity contribution is 5.99. The van der Waals surface area contributed by atoms with Crippen LogP contribution in [0.3, 0.4) is 0 Å². The molecule has 4 bridgehead atoms. The van der Waals surface area contributed by atoms with Gasteiger partial charge in [0.1, 0.15) is 5.92 Å². The summed E-state index contributed by atoms with van der Waals surface area (Å²) in [5, 5.41) is 6.09. The van der Waals surface area contributed by atoms with E-state index in [1.165, 1.54) is 51.4 Å². The maximum Gasteiger partial charge on any atom is 0.232 e. The Hall–Kier alpha value is -1.06. The molecule has 0 saturated heterocycles. The van der Waals surface area contributed by atoms with Gasteiger partial charge in [-0.2, -0.15) is 0 Å². The lowest BCUT2D eigenvalue weighted by Crippen LogP contribution is -2.43. The highest BCUT2D eigenvalue weighted by atomic mass is 16.2. The molecular weight excluding hydrogens is 300 g/mol. The Morgan fingerprint density at radius 3 is 1.58 bits per heavy atom. The van der Waals surface area contributed by atoms with Crippen molar-refractivity contribution >= 4 is 11.8 Å². The Labute approximate surface area is 145 Å². The molecule has 0 heterocycles. The molecule has 4 rings (SSSR count). The van der Waals surface area contributed by atoms with Gasteiger partial charge in [0.15, 0.2) is 0 Å². The zero-order valence-electron chi connectivity index (χ0n) is 14.9. The maximum absolute atomic E-state index is 12.3. The van der Waals surface area contributed by atoms with E-state index in [-0.39, 0.29) is 11.8 Å². The molecule has 4 aliphatic rings. The average molecular weight is 332 g/mol. The van der Waals surface area contributed by atoms with Crippen molar-refractivity contribution in [2.24, 2.45) is 41.4 Å². The van der Waals surface area contributed by atoms with E-state index in [1.54, 1.807) is 6.92 Å². The van der Waals surface area contributed by atoms with E-state index in [0.717, 1.165) is 36.8 Å². The fraction of sp³-hybridized carbons (Fsp3) is 0.900. The van der Waals surface area contributed by atoms with Crippen LogP contribution >= 0.6 is 0 Å². The van der Waals surface area contributed by atoms with Crippen molar-refractivity contribution in [2.75, 3.05) is 13.1 Å². The fourth-order valence-electron chi connectivity index (χ4n) is 6.14. The lowest BCUT2D eigenvalue weighted by molar-refractivity contribution is -0.134. The molecule has 0 aromatic rings. The second kappa shape index (κ2) is 6.68. The normalized spacial score (nSPS) is 40.7. The fourth-order valence-corrected chi connectivity index (χ4v) is 6.14. The third-order valence-corrected chi connectivity index (χ3v) is 7.63. The van der Waals surface area contributed by atoms with Gasteiger partial charge in [-0.1, -0.05) is 12.8 Å². The second-order valence-electron chi connectivity index (χ2n) is 9.08. The van der Waals surface area contributed by atoms with Crippen LogP contribution < -0.4 is 10.6 Å². The Balaban J connectivity index is 1.18. The number of nitrogens with one attached hydrogen (secondary N) is 2. The molecule has 0 radical (unpaired) electrons. The Morgan fingerprint density at radius 2 is 1.25 bits per heavy atom. The van der Waals surface area contributed by atoms with Crippen LogP contribution in [0.2, 0.25) is 0 Å². The quantitative estimate of drug-likeness (QED) is 0.735. The van der Waals surface area contributed by atoms with Gasteiger partial charge < -0.3 is 10.6 Å². The lowest BCUT2D eigenvalue weighted by atomic mass is 9.88. The van der Waals surface area contributed by atoms with E-state index in [9.17, 15) is 9.59 Å². The number of hydrogen-bond acceptors (Lipinski definition) is 2. The Bertz CT molecular complexity index is 462. The molecule has 2 N–H and O–H groups in total. The minimum atomic E-state index is -0.567. The van der Waals surface area contributed by atoms with Gasteiger partial charge in [-0.15, -0.1) is 0 Å². The van der Waals surface area contributed by atoms with E-state index in [2.05, 4.69) is 10.6 Å². The van der Waals surface area contributed by atoms with Crippen molar-refractivity contribution in [3.63, 3.8) is 0 Å². The van der Waals surface area contributed by atoms with E-state index >= 15 is 0 Å². The summed E-state index contributed by atoms with van der Waals surface area (Å²) < 4.78 is 0. The number of rotatable bonds is 6. The third-order valence-electron chi connectivity index (χ3n) is 7.63. The highest BCUT2D eigenvalue weighted by Gasteiger charge is 2.40. The van der Waals surface area contributed by atoms with Crippen LogP contribution in [0.5, 0.6) is 0 Å². The lowest BCUT2D eigenvalue weighted by Gasteiger charge is -2.24. The summed E-state index contributed by atoms with van der Waals surface area (Å²) in [6.07, 6.45) is 10.7. The zero-order chi connectivity index (χ0) is 16.7. The number of carbonyl (C=O) groups excluding carboxylic acids is 2. The van der Waals surface area contributed by atoms with Crippen LogP contribution in [-0.2, 0) is 9.59 Å². The molecule has 0 aliphatic heterocycles. The first-order chi connectivity index (χ1) is 11.6. The van der Waals surface area contributed by atoms with E-state index in [1.807, 2.05) is 0 Å². The Kier molecular flexibility index (Phi) is 4.57. The number of hydrogen-bond donors (Lipinski definition) is 2. The van der Waals surface area contributed by atoms with Crippen LogP contribution in [-0.4, -0.2) is 24.9 Å². The van der Waals surface area contributed by atoms with Crippen molar-refractivity contribution in [1.29, 1.82) is 0 Å². The molecule has 4 saturated carbocycles. The smallest absolute Gasteiger partial charge is 0.232 e. The van der Waals surface area contributed by atoms with Gasteiger partial charge in [0, 0.05) is 13.1 Å². The molecule has 2 amide bonds. The Morgan fingerprint density at radius 1 is 0.792 bits per heavy atom. The number of fused-ring (bicyclic) bond motifs is 4. The van der Waals surface area contributed by atoms with Crippen molar-refractivity contribution in [1.82, 2.24) is 10.6 Å². The maximum atomic E-state index is 12.3. The molecule has 24 heavy (non-hydrogen) atoms. The molecule has 0 spiro atoms. The monoisotopic (exact) mass is 332 g/mol. The molecule has 4 aliphatic carbocycles. The summed E-state index contributed by atoms with van der Waals surface area (Å²) >= 11 is 0. The second-order valence-corrected chi connectivity index (χ2v) is 9.08. The van der Waals surface area contributed by atoms with Gasteiger partial charge in [-0.25, -0.2) is 0 Å². The molecule has 0 aromatic heterocycles. The summed E-state index contributed by atoms with van der Waals surface area (Å²) in [6, 6.07) is 0. The van der Waals surface area contributed by atoms with Crippen LogP contribution in [0.1, 0.15) is 58.3 Å². The van der Waals surface area contributed by atoms with Gasteiger partial charge in [-0.05, 0) is 81.0 Å². The summed E-state index contributed by atoms with van der Waals surface area (Å²) in [7, 11) is 0. The zero-order valence-corrected chi connectivity index (χ0v) is 14.9. The third kappa shape index (κ3) is 3.21. The average Bonchev–Trinajstić information content (AvgIpc) is 3.37. The summed E-state index contributed by atoms with van der Waals surface area (Å²) in [5.74, 6) is 3.98. The van der Waals surface area contributed by atoms with Crippen LogP contribution in [0.25, 0.3) is 0 Å². The minimum Gasteiger partial charge on any atom is -0.355 e. The molecule has 6 unspecified atom stereocenters. The first kappa shape index (κ1) is 16.4. The molecular formula is C20H32N2O2.